The summed E-state index contributed by atoms with van der Waals surface area (Å²) in [6, 6.07) is 0. The Morgan fingerprint density at radius 2 is 2.00 bits per heavy atom. The molecule has 0 aliphatic rings. The summed E-state index contributed by atoms with van der Waals surface area (Å²) in [4.78, 5) is 1.82. The average Bonchev–Trinajstić information content (AvgIpc) is 1.65. The molecule has 0 saturated heterocycles. The second kappa shape index (κ2) is 3.83. The van der Waals surface area contributed by atoms with Crippen LogP contribution in [0.1, 0.15) is 0 Å². The van der Waals surface area contributed by atoms with E-state index in [0.717, 1.165) is 0 Å². The Hall–Kier alpha value is -0.120. The first-order chi connectivity index (χ1) is 3.66. The van der Waals surface area contributed by atoms with Crippen molar-refractivity contribution in [3.63, 3.8) is 0 Å². The number of aliphatic hydroxyl groups excluding tert-OH is 2. The van der Waals surface area contributed by atoms with Gasteiger partial charge in [-0.05, 0) is 14.1 Å². The van der Waals surface area contributed by atoms with Crippen molar-refractivity contribution in [3.05, 3.63) is 0 Å². The van der Waals surface area contributed by atoms with Gasteiger partial charge in [0, 0.05) is 6.54 Å². The Kier molecular flexibility index (Phi) is 3.77. The lowest BCUT2D eigenvalue weighted by molar-refractivity contribution is 0.0728. The van der Waals surface area contributed by atoms with Gasteiger partial charge < -0.3 is 15.1 Å². The van der Waals surface area contributed by atoms with E-state index >= 15 is 0 Å². The highest BCUT2D eigenvalue weighted by Gasteiger charge is 2.00. The van der Waals surface area contributed by atoms with Gasteiger partial charge in [0.05, 0.1) is 12.7 Å². The van der Waals surface area contributed by atoms with Gasteiger partial charge in [-0.2, -0.15) is 0 Å². The molecule has 0 unspecified atom stereocenters. The molecule has 0 radical (unpaired) electrons. The maximum atomic E-state index is 8.74. The Morgan fingerprint density at radius 3 is 2.12 bits per heavy atom. The highest BCUT2D eigenvalue weighted by molar-refractivity contribution is 4.54. The van der Waals surface area contributed by atoms with Crippen LogP contribution in [0.3, 0.4) is 0 Å². The quantitative estimate of drug-likeness (QED) is 0.495. The van der Waals surface area contributed by atoms with Crippen LogP contribution in [0.2, 0.25) is 0 Å². The molecular formula is C5H13NO2. The molecule has 0 amide bonds. The molecule has 0 fully saturated rings. The van der Waals surface area contributed by atoms with Crippen LogP contribution in [0, 0.1) is 0 Å². The molecule has 0 spiro atoms. The predicted molar refractivity (Wildman–Crippen MR) is 31.6 cm³/mol. The molecule has 50 valence electrons. The molecule has 0 heterocycles. The van der Waals surface area contributed by atoms with Gasteiger partial charge in [-0.3, -0.25) is 0 Å². The van der Waals surface area contributed by atoms with Gasteiger partial charge in [-0.1, -0.05) is 0 Å². The summed E-state index contributed by atoms with van der Waals surface area (Å²) < 4.78 is 0. The van der Waals surface area contributed by atoms with E-state index in [-0.39, 0.29) is 6.61 Å². The second-order valence-electron chi connectivity index (χ2n) is 2.10. The third-order valence-corrected chi connectivity index (χ3v) is 0.787. The van der Waals surface area contributed by atoms with E-state index in [1.165, 1.54) is 0 Å². The van der Waals surface area contributed by atoms with Gasteiger partial charge in [-0.25, -0.2) is 0 Å². The number of likely N-dealkylation sites (N-methyl/N-ethyl adjacent to an activating group) is 1. The SMILES string of the molecule is CN(C)C[C@@H](O)CO. The maximum absolute atomic E-state index is 8.74. The number of nitrogens with zero attached hydrogens (tertiary/aromatic N) is 1. The normalized spacial score (nSPS) is 14.6. The molecule has 2 N–H and O–H groups in total. The van der Waals surface area contributed by atoms with Crippen LogP contribution in [0.15, 0.2) is 0 Å². The average molecular weight is 119 g/mol. The van der Waals surface area contributed by atoms with Crippen molar-refractivity contribution >= 4 is 0 Å². The minimum atomic E-state index is -0.593. The minimum absolute atomic E-state index is 0.155. The summed E-state index contributed by atoms with van der Waals surface area (Å²) in [5.41, 5.74) is 0. The van der Waals surface area contributed by atoms with Crippen LogP contribution in [-0.2, 0) is 0 Å². The van der Waals surface area contributed by atoms with Gasteiger partial charge in [0.15, 0.2) is 0 Å². The van der Waals surface area contributed by atoms with Crippen LogP contribution in [0.4, 0.5) is 0 Å². The van der Waals surface area contributed by atoms with Gasteiger partial charge >= 0.3 is 0 Å². The highest BCUT2D eigenvalue weighted by Crippen LogP contribution is 1.81. The summed E-state index contributed by atoms with van der Waals surface area (Å²) in [5.74, 6) is 0. The number of rotatable bonds is 3. The van der Waals surface area contributed by atoms with E-state index in [1.54, 1.807) is 0 Å². The van der Waals surface area contributed by atoms with Gasteiger partial charge in [0.2, 0.25) is 0 Å². The molecule has 0 aromatic heterocycles. The fourth-order valence-electron chi connectivity index (χ4n) is 0.479. The smallest absolute Gasteiger partial charge is 0.0897 e. The monoisotopic (exact) mass is 119 g/mol. The van der Waals surface area contributed by atoms with Gasteiger partial charge in [0.1, 0.15) is 0 Å². The van der Waals surface area contributed by atoms with Crippen LogP contribution in [0.25, 0.3) is 0 Å². The van der Waals surface area contributed by atoms with E-state index in [4.69, 9.17) is 10.2 Å². The molecule has 0 rings (SSSR count). The zero-order valence-electron chi connectivity index (χ0n) is 5.33. The van der Waals surface area contributed by atoms with Gasteiger partial charge in [-0.15, -0.1) is 0 Å². The fourth-order valence-corrected chi connectivity index (χ4v) is 0.479. The Bertz CT molecular complexity index is 56.4. The molecule has 1 atom stereocenters. The van der Waals surface area contributed by atoms with E-state index in [1.807, 2.05) is 19.0 Å². The summed E-state index contributed by atoms with van der Waals surface area (Å²) in [6.07, 6.45) is -0.593. The van der Waals surface area contributed by atoms with Crippen molar-refractivity contribution in [2.24, 2.45) is 0 Å². The van der Waals surface area contributed by atoms with Crippen LogP contribution < -0.4 is 0 Å². The van der Waals surface area contributed by atoms with Crippen molar-refractivity contribution in [3.8, 4) is 0 Å². The predicted octanol–water partition coefficient (Wildman–Crippen LogP) is -1.10. The topological polar surface area (TPSA) is 43.7 Å². The lowest BCUT2D eigenvalue weighted by Gasteiger charge is -2.12. The molecule has 0 aromatic carbocycles. The first kappa shape index (κ1) is 7.88. The Morgan fingerprint density at radius 1 is 1.50 bits per heavy atom. The summed E-state index contributed by atoms with van der Waals surface area (Å²) >= 11 is 0. The highest BCUT2D eigenvalue weighted by atomic mass is 16.3. The summed E-state index contributed by atoms with van der Waals surface area (Å²) in [7, 11) is 3.69. The van der Waals surface area contributed by atoms with E-state index in [2.05, 4.69) is 0 Å². The lowest BCUT2D eigenvalue weighted by atomic mass is 10.4. The molecular weight excluding hydrogens is 106 g/mol. The fraction of sp³-hybridized carbons (Fsp3) is 1.00. The maximum Gasteiger partial charge on any atom is 0.0897 e. The van der Waals surface area contributed by atoms with Gasteiger partial charge in [0.25, 0.3) is 0 Å². The van der Waals surface area contributed by atoms with Crippen molar-refractivity contribution < 1.29 is 10.2 Å². The molecule has 0 aliphatic heterocycles. The molecule has 8 heavy (non-hydrogen) atoms. The molecule has 3 nitrogen and oxygen atoms in total. The summed E-state index contributed by atoms with van der Waals surface area (Å²) in [5, 5.41) is 17.0. The largest absolute Gasteiger partial charge is 0.394 e. The Balaban J connectivity index is 3.10. The second-order valence-corrected chi connectivity index (χ2v) is 2.10. The number of aliphatic hydroxyl groups is 2. The zero-order valence-corrected chi connectivity index (χ0v) is 5.33. The van der Waals surface area contributed by atoms with Crippen LogP contribution >= 0.6 is 0 Å². The first-order valence-corrected chi connectivity index (χ1v) is 2.60. The van der Waals surface area contributed by atoms with Crippen molar-refractivity contribution in [1.82, 2.24) is 4.90 Å². The minimum Gasteiger partial charge on any atom is -0.394 e. The third kappa shape index (κ3) is 4.05. The van der Waals surface area contributed by atoms with E-state index in [9.17, 15) is 0 Å². The van der Waals surface area contributed by atoms with Crippen LogP contribution in [-0.4, -0.2) is 48.5 Å². The molecule has 0 aliphatic carbocycles. The van der Waals surface area contributed by atoms with E-state index in [0.29, 0.717) is 6.54 Å². The lowest BCUT2D eigenvalue weighted by Crippen LogP contribution is -2.28. The molecule has 0 aromatic rings. The molecule has 0 saturated carbocycles. The van der Waals surface area contributed by atoms with Crippen molar-refractivity contribution in [2.45, 2.75) is 6.10 Å². The van der Waals surface area contributed by atoms with Crippen molar-refractivity contribution in [1.29, 1.82) is 0 Å². The first-order valence-electron chi connectivity index (χ1n) is 2.60. The molecule has 3 heteroatoms. The van der Waals surface area contributed by atoms with Crippen molar-refractivity contribution in [2.75, 3.05) is 27.2 Å². The Labute approximate surface area is 49.5 Å². The number of hydrogen-bond donors (Lipinski definition) is 2. The number of hydrogen-bond acceptors (Lipinski definition) is 3. The molecule has 0 bridgehead atoms. The van der Waals surface area contributed by atoms with Crippen LogP contribution in [0.5, 0.6) is 0 Å². The zero-order chi connectivity index (χ0) is 6.57. The summed E-state index contributed by atoms with van der Waals surface area (Å²) in [6.45, 7) is 0.370. The van der Waals surface area contributed by atoms with E-state index < -0.39 is 6.10 Å². The standard InChI is InChI=1S/C5H13NO2/c1-6(2)3-5(8)4-7/h5,7-8H,3-4H2,1-2H3/t5-/m1/s1. The third-order valence-electron chi connectivity index (χ3n) is 0.787.